The molecule has 2 aliphatic carbocycles. The predicted molar refractivity (Wildman–Crippen MR) is 209 cm³/mol. The Balaban J connectivity index is 0.000000162. The third-order valence-corrected chi connectivity index (χ3v) is 14.5. The van der Waals surface area contributed by atoms with Crippen LogP contribution in [0.4, 0.5) is 26.3 Å². The number of fused-ring (bicyclic) bond motifs is 2. The van der Waals surface area contributed by atoms with Gasteiger partial charge in [-0.05, 0) is 119 Å². The van der Waals surface area contributed by atoms with Crippen LogP contribution in [0.5, 0.6) is 0 Å². The highest BCUT2D eigenvalue weighted by atomic mass is 79.9. The van der Waals surface area contributed by atoms with Crippen molar-refractivity contribution in [2.24, 2.45) is 41.2 Å². The Bertz CT molecular complexity index is 1550. The van der Waals surface area contributed by atoms with Crippen molar-refractivity contribution in [2.75, 3.05) is 25.1 Å². The molecule has 12 atom stereocenters. The van der Waals surface area contributed by atoms with Crippen molar-refractivity contribution >= 4 is 15.9 Å². The van der Waals surface area contributed by atoms with Crippen LogP contribution in [0.3, 0.4) is 0 Å². The molecule has 0 aromatic carbocycles. The van der Waals surface area contributed by atoms with Crippen molar-refractivity contribution in [3.63, 3.8) is 0 Å². The van der Waals surface area contributed by atoms with Gasteiger partial charge in [0.25, 0.3) is 0 Å². The average molecular weight is 899 g/mol. The maximum Gasteiger partial charge on any atom is 0.449 e. The van der Waals surface area contributed by atoms with Gasteiger partial charge in [0.1, 0.15) is 11.2 Å². The first-order valence-corrected chi connectivity index (χ1v) is 22.2. The molecule has 2 saturated carbocycles. The average Bonchev–Trinajstić information content (AvgIpc) is 3.87. The van der Waals surface area contributed by atoms with Crippen molar-refractivity contribution < 1.29 is 59.5 Å². The van der Waals surface area contributed by atoms with Gasteiger partial charge in [0, 0.05) is 49.8 Å². The van der Waals surface area contributed by atoms with Gasteiger partial charge in [0.05, 0.1) is 0 Å². The lowest BCUT2D eigenvalue weighted by atomic mass is 9.58. The molecule has 2 N–H and O–H groups in total. The molecule has 4 bridgehead atoms. The maximum atomic E-state index is 13.8. The Kier molecular flexibility index (Phi) is 14.0. The zero-order valence-electron chi connectivity index (χ0n) is 34.3. The molecule has 58 heavy (non-hydrogen) atoms. The van der Waals surface area contributed by atoms with Crippen LogP contribution in [0, 0.1) is 35.5 Å². The third-order valence-electron chi connectivity index (χ3n) is 13.9. The van der Waals surface area contributed by atoms with E-state index in [1.54, 1.807) is 12.2 Å². The number of hydrogen-bond donors (Lipinski definition) is 1. The highest BCUT2D eigenvalue weighted by Gasteiger charge is 2.73. The van der Waals surface area contributed by atoms with Crippen molar-refractivity contribution in [1.82, 2.24) is 0 Å². The summed E-state index contributed by atoms with van der Waals surface area (Å²) in [5.41, 5.74) is 4.01. The first kappa shape index (κ1) is 45.9. The standard InChI is InChI=1S/C20H27F3O3.C16H20BrF3O3.C4H8O.C3H7N/c1-4-5-6-7-13-15-9-8-12(2)14-10-11-18(3)25-17(19(14,15)26-18)24-16(13)20(21,22)23;1-8-3-4-11-9(7-17)12(16(18,19)20)21-13-15(11)10(8)5-6-14(2,22-13)23-15;1-2-4-5-3-1;1-2-3-4/h4,12,14-15,17H,1,5-11H2,2-3H3;8,10-11,13H,3-7H2,1-2H3;1-4H2;2H,1,3-4H2/t12-,14?,15+,17-,18+,19-;8-,10?,11+,13-,14+,15-;;/m11../s1. The van der Waals surface area contributed by atoms with Crippen LogP contribution >= 0.6 is 15.9 Å². The molecule has 9 aliphatic rings. The molecule has 2 spiro atoms. The fourth-order valence-electron chi connectivity index (χ4n) is 11.4. The molecule has 330 valence electrons. The summed E-state index contributed by atoms with van der Waals surface area (Å²) in [5.74, 6) is -2.86. The van der Waals surface area contributed by atoms with E-state index in [0.717, 1.165) is 38.9 Å². The number of ether oxygens (including phenoxy) is 7. The Labute approximate surface area is 347 Å². The first-order valence-electron chi connectivity index (χ1n) is 21.1. The summed E-state index contributed by atoms with van der Waals surface area (Å²) in [6, 6.07) is 0. The van der Waals surface area contributed by atoms with E-state index in [0.29, 0.717) is 68.9 Å². The SMILES string of the molecule is C1CCOC1.C=CCCCC1=C(C(F)(F)F)O[C@@H]2O[C@]3(C)CCC4[C@H](C)CC[C@@H]1[C@]42O3.C=CCN.C[C@@H]1CC[C@H]2C(CBr)=C(C(F)(F)F)O[C@@H]3O[C@]4(C)CCC1[C@]32O4. The smallest absolute Gasteiger partial charge is 0.449 e. The largest absolute Gasteiger partial charge is 0.456 e. The number of nitrogens with two attached hydrogens (primary N) is 1. The topological polar surface area (TPSA) is 90.6 Å². The summed E-state index contributed by atoms with van der Waals surface area (Å²) in [6.45, 7) is 17.6. The lowest BCUT2D eigenvalue weighted by molar-refractivity contribution is -0.249. The van der Waals surface area contributed by atoms with Gasteiger partial charge in [-0.3, -0.25) is 0 Å². The van der Waals surface area contributed by atoms with Crippen molar-refractivity contribution in [2.45, 2.75) is 159 Å². The van der Waals surface area contributed by atoms with E-state index < -0.39 is 59.2 Å². The maximum absolute atomic E-state index is 13.8. The Hall–Kier alpha value is -1.62. The minimum atomic E-state index is -4.51. The Morgan fingerprint density at radius 3 is 1.55 bits per heavy atom. The number of alkyl halides is 7. The molecule has 5 saturated heterocycles. The van der Waals surface area contributed by atoms with Crippen LogP contribution in [0.2, 0.25) is 0 Å². The van der Waals surface area contributed by atoms with E-state index in [9.17, 15) is 26.3 Å². The van der Waals surface area contributed by atoms with E-state index in [-0.39, 0.29) is 34.6 Å². The summed E-state index contributed by atoms with van der Waals surface area (Å²) in [6.07, 6.45) is 3.10. The molecule has 7 heterocycles. The second-order valence-electron chi connectivity index (χ2n) is 17.7. The zero-order chi connectivity index (χ0) is 42.3. The van der Waals surface area contributed by atoms with E-state index in [1.165, 1.54) is 12.8 Å². The van der Waals surface area contributed by atoms with E-state index in [1.807, 2.05) is 13.8 Å². The van der Waals surface area contributed by atoms with Gasteiger partial charge < -0.3 is 38.9 Å². The predicted octanol–water partition coefficient (Wildman–Crippen LogP) is 10.9. The quantitative estimate of drug-likeness (QED) is 0.122. The van der Waals surface area contributed by atoms with Crippen molar-refractivity contribution in [3.05, 3.63) is 48.0 Å². The van der Waals surface area contributed by atoms with E-state index in [4.69, 9.17) is 38.9 Å². The molecule has 0 aromatic rings. The zero-order valence-corrected chi connectivity index (χ0v) is 35.9. The summed E-state index contributed by atoms with van der Waals surface area (Å²) in [7, 11) is 0. The van der Waals surface area contributed by atoms with Crippen LogP contribution in [-0.4, -0.2) is 72.8 Å². The fourth-order valence-corrected chi connectivity index (χ4v) is 12.0. The van der Waals surface area contributed by atoms with Crippen LogP contribution in [0.15, 0.2) is 48.0 Å². The summed E-state index contributed by atoms with van der Waals surface area (Å²) >= 11 is 3.25. The van der Waals surface area contributed by atoms with Gasteiger partial charge in [-0.1, -0.05) is 41.9 Å². The molecular formula is C43H62BrF6NO7. The second-order valence-corrected chi connectivity index (χ2v) is 18.2. The molecular weight excluding hydrogens is 836 g/mol. The normalized spacial score (nSPS) is 41.9. The monoisotopic (exact) mass is 897 g/mol. The summed E-state index contributed by atoms with van der Waals surface area (Å²) < 4.78 is 122. The Morgan fingerprint density at radius 2 is 1.17 bits per heavy atom. The van der Waals surface area contributed by atoms with Gasteiger partial charge in [-0.2, -0.15) is 26.3 Å². The minimum absolute atomic E-state index is 0.141. The van der Waals surface area contributed by atoms with Crippen LogP contribution in [0.1, 0.15) is 111 Å². The highest BCUT2D eigenvalue weighted by Crippen LogP contribution is 2.66. The van der Waals surface area contributed by atoms with E-state index in [2.05, 4.69) is 42.9 Å². The molecule has 9 rings (SSSR count). The summed E-state index contributed by atoms with van der Waals surface area (Å²) in [4.78, 5) is 0. The molecule has 2 unspecified atom stereocenters. The molecule has 15 heteroatoms. The fraction of sp³-hybridized carbons (Fsp3) is 0.814. The van der Waals surface area contributed by atoms with Crippen molar-refractivity contribution in [1.29, 1.82) is 0 Å². The molecule has 0 radical (unpaired) electrons. The summed E-state index contributed by atoms with van der Waals surface area (Å²) in [5, 5.41) is 0.141. The number of halogens is 7. The molecule has 8 nitrogen and oxygen atoms in total. The first-order chi connectivity index (χ1) is 27.3. The van der Waals surface area contributed by atoms with Crippen molar-refractivity contribution in [3.8, 4) is 0 Å². The minimum Gasteiger partial charge on any atom is -0.456 e. The van der Waals surface area contributed by atoms with E-state index >= 15 is 0 Å². The molecule has 7 aliphatic heterocycles. The van der Waals surface area contributed by atoms with Crippen LogP contribution in [-0.2, 0) is 33.2 Å². The third kappa shape index (κ3) is 8.45. The molecule has 7 fully saturated rings. The molecule has 0 aromatic heterocycles. The lowest BCUT2D eigenvalue weighted by Gasteiger charge is -2.55. The van der Waals surface area contributed by atoms with Gasteiger partial charge in [-0.15, -0.1) is 13.2 Å². The van der Waals surface area contributed by atoms with Crippen LogP contribution in [0.25, 0.3) is 0 Å². The Morgan fingerprint density at radius 1 is 0.724 bits per heavy atom. The second kappa shape index (κ2) is 17.6. The number of unbranched alkanes of at least 4 members (excludes halogenated alkanes) is 1. The number of rotatable bonds is 6. The van der Waals surface area contributed by atoms with Gasteiger partial charge >= 0.3 is 12.4 Å². The number of hydrogen-bond acceptors (Lipinski definition) is 8. The van der Waals surface area contributed by atoms with Gasteiger partial charge in [0.2, 0.25) is 24.1 Å². The molecule has 0 amide bonds. The van der Waals surface area contributed by atoms with Crippen LogP contribution < -0.4 is 5.73 Å². The van der Waals surface area contributed by atoms with Gasteiger partial charge in [-0.25, -0.2) is 0 Å². The lowest BCUT2D eigenvalue weighted by Crippen LogP contribution is -2.62. The number of allylic oxidation sites excluding steroid dienone is 3. The highest BCUT2D eigenvalue weighted by molar-refractivity contribution is 9.09. The van der Waals surface area contributed by atoms with Gasteiger partial charge in [0.15, 0.2) is 11.6 Å².